The van der Waals surface area contributed by atoms with Crippen molar-refractivity contribution >= 4 is 8.40 Å². The zero-order valence-corrected chi connectivity index (χ0v) is 7.34. The molecule has 0 N–H and O–H groups in total. The van der Waals surface area contributed by atoms with Gasteiger partial charge in [-0.15, -0.1) is 0 Å². The highest BCUT2D eigenvalue weighted by Gasteiger charge is 2.57. The largest absolute Gasteiger partial charge is 0.309 e. The molecule has 0 aromatic carbocycles. The van der Waals surface area contributed by atoms with Gasteiger partial charge in [0, 0.05) is 26.2 Å². The van der Waals surface area contributed by atoms with Crippen LogP contribution in [0.3, 0.4) is 0 Å². The van der Waals surface area contributed by atoms with Crippen molar-refractivity contribution in [1.29, 1.82) is 0 Å². The second-order valence-corrected chi connectivity index (χ2v) is 8.04. The molecule has 0 aromatic rings. The second kappa shape index (κ2) is 1.65. The molecule has 0 unspecified atom stereocenters. The van der Waals surface area contributed by atoms with E-state index < -0.39 is 8.40 Å². The Kier molecular flexibility index (Phi) is 0.949. The Labute approximate surface area is 63.0 Å². The summed E-state index contributed by atoms with van der Waals surface area (Å²) in [5.41, 5.74) is 0. The number of rotatable bonds is 2. The minimum atomic E-state index is -0.809. The molecular weight excluding hydrogens is 140 g/mol. The van der Waals surface area contributed by atoms with Crippen molar-refractivity contribution in [2.24, 2.45) is 0 Å². The van der Waals surface area contributed by atoms with E-state index in [9.17, 15) is 0 Å². The molecule has 56 valence electrons. The fourth-order valence-corrected chi connectivity index (χ4v) is 6.77. The molecule has 3 rings (SSSR count). The highest BCUT2D eigenvalue weighted by molar-refractivity contribution is 6.78. The molecule has 2 nitrogen and oxygen atoms in total. The zero-order chi connectivity index (χ0) is 6.60. The van der Waals surface area contributed by atoms with E-state index in [1.165, 1.54) is 32.6 Å². The first kappa shape index (κ1) is 5.74. The monoisotopic (exact) mass is 154 g/mol. The maximum absolute atomic E-state index is 2.78. The molecule has 3 saturated heterocycles. The van der Waals surface area contributed by atoms with E-state index in [0.717, 1.165) is 0 Å². The van der Waals surface area contributed by atoms with Gasteiger partial charge < -0.3 is 9.13 Å². The molecule has 3 aliphatic heterocycles. The Balaban J connectivity index is 1.81. The lowest BCUT2D eigenvalue weighted by molar-refractivity contribution is 0.594. The molecule has 0 atom stereocenters. The van der Waals surface area contributed by atoms with Gasteiger partial charge >= 0.3 is 0 Å². The Morgan fingerprint density at radius 1 is 0.800 bits per heavy atom. The summed E-state index contributed by atoms with van der Waals surface area (Å²) in [4.78, 5) is 0. The summed E-state index contributed by atoms with van der Waals surface area (Å²) in [5.74, 6) is 0. The van der Waals surface area contributed by atoms with Crippen LogP contribution in [0.25, 0.3) is 0 Å². The van der Waals surface area contributed by atoms with Gasteiger partial charge in [-0.1, -0.05) is 6.42 Å². The molecule has 0 amide bonds. The van der Waals surface area contributed by atoms with Crippen molar-refractivity contribution in [2.75, 3.05) is 26.2 Å². The van der Waals surface area contributed by atoms with Gasteiger partial charge in [0.15, 0.2) is 0 Å². The minimum Gasteiger partial charge on any atom is -0.309 e. The van der Waals surface area contributed by atoms with E-state index in [1.54, 1.807) is 12.1 Å². The van der Waals surface area contributed by atoms with Crippen LogP contribution < -0.4 is 0 Å². The van der Waals surface area contributed by atoms with Crippen molar-refractivity contribution < 1.29 is 0 Å². The van der Waals surface area contributed by atoms with Gasteiger partial charge in [0.2, 0.25) is 8.40 Å². The molecule has 0 spiro atoms. The standard InChI is InChI=1S/C7H14N2Si/c1-6-10(7-1,8-2-3-8)9-4-5-9/h1-7H2. The highest BCUT2D eigenvalue weighted by atomic mass is 28.4. The Morgan fingerprint density at radius 3 is 1.50 bits per heavy atom. The van der Waals surface area contributed by atoms with Crippen LogP contribution >= 0.6 is 0 Å². The summed E-state index contributed by atoms with van der Waals surface area (Å²) in [5, 5.41) is 0. The Morgan fingerprint density at radius 2 is 1.30 bits per heavy atom. The molecule has 0 radical (unpaired) electrons. The van der Waals surface area contributed by atoms with Crippen LogP contribution in [0.1, 0.15) is 6.42 Å². The molecule has 0 aromatic heterocycles. The van der Waals surface area contributed by atoms with Gasteiger partial charge in [-0.25, -0.2) is 0 Å². The maximum atomic E-state index is 2.78. The summed E-state index contributed by atoms with van der Waals surface area (Å²) in [7, 11) is -0.809. The van der Waals surface area contributed by atoms with Gasteiger partial charge in [0.25, 0.3) is 0 Å². The lowest BCUT2D eigenvalue weighted by Crippen LogP contribution is -2.57. The molecule has 3 aliphatic rings. The van der Waals surface area contributed by atoms with Crippen LogP contribution in [0, 0.1) is 0 Å². The van der Waals surface area contributed by atoms with Crippen molar-refractivity contribution in [3.05, 3.63) is 0 Å². The van der Waals surface area contributed by atoms with E-state index in [0.29, 0.717) is 0 Å². The van der Waals surface area contributed by atoms with Gasteiger partial charge in [0.05, 0.1) is 0 Å². The van der Waals surface area contributed by atoms with Crippen LogP contribution in [0.4, 0.5) is 0 Å². The van der Waals surface area contributed by atoms with E-state index in [1.807, 2.05) is 0 Å². The smallest absolute Gasteiger partial charge is 0.206 e. The predicted octanol–water partition coefficient (Wildman–Crippen LogP) is 0.463. The number of hydrogen-bond donors (Lipinski definition) is 0. The Bertz CT molecular complexity index is 145. The number of nitrogens with zero attached hydrogens (tertiary/aromatic N) is 2. The number of hydrogen-bond acceptors (Lipinski definition) is 2. The first-order chi connectivity index (χ1) is 4.92. The van der Waals surface area contributed by atoms with Crippen molar-refractivity contribution in [3.63, 3.8) is 0 Å². The van der Waals surface area contributed by atoms with Gasteiger partial charge in [-0.05, 0) is 12.1 Å². The highest BCUT2D eigenvalue weighted by Crippen LogP contribution is 2.43. The van der Waals surface area contributed by atoms with Crippen molar-refractivity contribution in [1.82, 2.24) is 9.13 Å². The minimum absolute atomic E-state index is 0.809. The van der Waals surface area contributed by atoms with Crippen LogP contribution in [0.5, 0.6) is 0 Å². The van der Waals surface area contributed by atoms with Gasteiger partial charge in [0.1, 0.15) is 0 Å². The third-order valence-corrected chi connectivity index (χ3v) is 8.78. The zero-order valence-electron chi connectivity index (χ0n) is 6.34. The average molecular weight is 154 g/mol. The molecule has 0 saturated carbocycles. The lowest BCUT2D eigenvalue weighted by atomic mass is 10.5. The van der Waals surface area contributed by atoms with E-state index >= 15 is 0 Å². The van der Waals surface area contributed by atoms with Gasteiger partial charge in [-0.2, -0.15) is 0 Å². The third-order valence-electron chi connectivity index (χ3n) is 3.23. The quantitative estimate of drug-likeness (QED) is 0.421. The predicted molar refractivity (Wildman–Crippen MR) is 43.1 cm³/mol. The van der Waals surface area contributed by atoms with Crippen molar-refractivity contribution in [3.8, 4) is 0 Å². The van der Waals surface area contributed by atoms with Crippen molar-refractivity contribution in [2.45, 2.75) is 18.5 Å². The molecule has 0 aliphatic carbocycles. The maximum Gasteiger partial charge on any atom is 0.206 e. The SMILES string of the molecule is C1C[Si](N2CC2)(N2CC2)C1. The van der Waals surface area contributed by atoms with Crippen LogP contribution in [-0.4, -0.2) is 43.7 Å². The summed E-state index contributed by atoms with van der Waals surface area (Å²) in [6.45, 7) is 5.73. The summed E-state index contributed by atoms with van der Waals surface area (Å²) in [6.07, 6.45) is 1.53. The molecule has 3 fully saturated rings. The first-order valence-electron chi connectivity index (χ1n) is 4.42. The second-order valence-electron chi connectivity index (χ2n) is 3.81. The van der Waals surface area contributed by atoms with Crippen LogP contribution in [0.15, 0.2) is 0 Å². The average Bonchev–Trinajstić information content (AvgIpc) is 2.53. The lowest BCUT2D eigenvalue weighted by Gasteiger charge is -2.41. The topological polar surface area (TPSA) is 6.02 Å². The van der Waals surface area contributed by atoms with Crippen LogP contribution in [0.2, 0.25) is 12.1 Å². The first-order valence-corrected chi connectivity index (χ1v) is 6.73. The Hall–Kier alpha value is 0.137. The fourth-order valence-electron chi connectivity index (χ4n) is 2.26. The molecule has 10 heavy (non-hydrogen) atoms. The molecular formula is C7H14N2Si. The fraction of sp³-hybridized carbons (Fsp3) is 1.00. The summed E-state index contributed by atoms with van der Waals surface area (Å²) in [6, 6.07) is 3.18. The van der Waals surface area contributed by atoms with E-state index in [4.69, 9.17) is 0 Å². The van der Waals surface area contributed by atoms with Gasteiger partial charge in [-0.3, -0.25) is 0 Å². The summed E-state index contributed by atoms with van der Waals surface area (Å²) >= 11 is 0. The third kappa shape index (κ3) is 0.607. The van der Waals surface area contributed by atoms with Crippen LogP contribution in [-0.2, 0) is 0 Å². The molecule has 3 heterocycles. The molecule has 0 bridgehead atoms. The summed E-state index contributed by atoms with van der Waals surface area (Å²) < 4.78 is 5.56. The van der Waals surface area contributed by atoms with E-state index in [-0.39, 0.29) is 0 Å². The normalized spacial score (nSPS) is 37.2. The molecule has 3 heteroatoms. The van der Waals surface area contributed by atoms with E-state index in [2.05, 4.69) is 9.13 Å².